The lowest BCUT2D eigenvalue weighted by Gasteiger charge is -2.01. The highest BCUT2D eigenvalue weighted by atomic mass is 79.9. The van der Waals surface area contributed by atoms with Crippen molar-refractivity contribution in [1.29, 1.82) is 0 Å². The fourth-order valence-electron chi connectivity index (χ4n) is 1.76. The highest BCUT2D eigenvalue weighted by molar-refractivity contribution is 9.10. The number of rotatable bonds is 2. The van der Waals surface area contributed by atoms with Crippen molar-refractivity contribution >= 4 is 15.9 Å². The number of hydrogen-bond donors (Lipinski definition) is 1. The molecular weight excluding hydrogens is 282 g/mol. The summed E-state index contributed by atoms with van der Waals surface area (Å²) in [6.45, 7) is 2.02. The van der Waals surface area contributed by atoms with E-state index in [0.29, 0.717) is 11.7 Å². The maximum absolute atomic E-state index is 6.02. The van der Waals surface area contributed by atoms with Gasteiger partial charge in [-0.1, -0.05) is 21.1 Å². The van der Waals surface area contributed by atoms with Crippen molar-refractivity contribution in [2.24, 2.45) is 5.73 Å². The minimum Gasteiger partial charge on any atom is -0.337 e. The Morgan fingerprint density at radius 3 is 2.82 bits per heavy atom. The molecule has 0 saturated heterocycles. The largest absolute Gasteiger partial charge is 0.337 e. The second-order valence-electron chi connectivity index (χ2n) is 4.54. The van der Waals surface area contributed by atoms with Gasteiger partial charge in [0.15, 0.2) is 0 Å². The minimum atomic E-state index is -0.367. The number of nitrogens with zero attached hydrogens (tertiary/aromatic N) is 2. The summed E-state index contributed by atoms with van der Waals surface area (Å²) in [6, 6.07) is 5.97. The predicted molar refractivity (Wildman–Crippen MR) is 67.3 cm³/mol. The van der Waals surface area contributed by atoms with Gasteiger partial charge in [-0.05, 0) is 43.5 Å². The van der Waals surface area contributed by atoms with Gasteiger partial charge in [-0.25, -0.2) is 0 Å². The lowest BCUT2D eigenvalue weighted by molar-refractivity contribution is 0.348. The van der Waals surface area contributed by atoms with Crippen LogP contribution in [-0.4, -0.2) is 10.1 Å². The molecule has 4 nitrogen and oxygen atoms in total. The van der Waals surface area contributed by atoms with E-state index >= 15 is 0 Å². The summed E-state index contributed by atoms with van der Waals surface area (Å²) in [5.74, 6) is 1.16. The van der Waals surface area contributed by atoms with E-state index in [2.05, 4.69) is 26.1 Å². The number of hydrogen-bond acceptors (Lipinski definition) is 4. The maximum atomic E-state index is 6.02. The van der Waals surface area contributed by atoms with Crippen molar-refractivity contribution in [1.82, 2.24) is 10.1 Å². The molecule has 0 atom stereocenters. The molecular formula is C12H12BrN3O. The number of aryl methyl sites for hydroxylation is 1. The molecule has 1 aromatic heterocycles. The quantitative estimate of drug-likeness (QED) is 0.925. The molecule has 2 aromatic rings. The highest BCUT2D eigenvalue weighted by Crippen LogP contribution is 2.42. The minimum absolute atomic E-state index is 0.367. The number of aromatic nitrogens is 2. The van der Waals surface area contributed by atoms with Crippen LogP contribution in [0.2, 0.25) is 0 Å². The van der Waals surface area contributed by atoms with E-state index in [4.69, 9.17) is 10.3 Å². The topological polar surface area (TPSA) is 64.9 Å². The van der Waals surface area contributed by atoms with E-state index in [-0.39, 0.29) is 5.54 Å². The van der Waals surface area contributed by atoms with Crippen LogP contribution < -0.4 is 5.73 Å². The summed E-state index contributed by atoms with van der Waals surface area (Å²) < 4.78 is 6.28. The molecule has 3 rings (SSSR count). The van der Waals surface area contributed by atoms with Gasteiger partial charge in [0.25, 0.3) is 0 Å². The van der Waals surface area contributed by atoms with Gasteiger partial charge in [0.1, 0.15) is 0 Å². The van der Waals surface area contributed by atoms with Crippen LogP contribution in [0.3, 0.4) is 0 Å². The van der Waals surface area contributed by atoms with Crippen molar-refractivity contribution in [3.8, 4) is 11.4 Å². The van der Waals surface area contributed by atoms with Gasteiger partial charge in [0.2, 0.25) is 11.7 Å². The Hall–Kier alpha value is -1.20. The van der Waals surface area contributed by atoms with Crippen molar-refractivity contribution in [2.45, 2.75) is 25.3 Å². The second kappa shape index (κ2) is 3.65. The van der Waals surface area contributed by atoms with Crippen LogP contribution in [0.25, 0.3) is 11.4 Å². The second-order valence-corrected chi connectivity index (χ2v) is 5.45. The van der Waals surface area contributed by atoms with Gasteiger partial charge in [0.05, 0.1) is 5.54 Å². The molecule has 1 aliphatic rings. The zero-order valence-electron chi connectivity index (χ0n) is 9.40. The molecule has 5 heteroatoms. The van der Waals surface area contributed by atoms with Crippen LogP contribution in [0.15, 0.2) is 27.2 Å². The fourth-order valence-corrected chi connectivity index (χ4v) is 2.24. The van der Waals surface area contributed by atoms with Crippen LogP contribution in [0.4, 0.5) is 0 Å². The average Bonchev–Trinajstić information content (AvgIpc) is 2.85. The number of halogens is 1. The Morgan fingerprint density at radius 1 is 1.41 bits per heavy atom. The summed E-state index contributed by atoms with van der Waals surface area (Å²) in [7, 11) is 0. The van der Waals surface area contributed by atoms with Gasteiger partial charge in [-0.3, -0.25) is 0 Å². The third-order valence-corrected chi connectivity index (χ3v) is 3.56. The Labute approximate surface area is 107 Å². The van der Waals surface area contributed by atoms with Crippen molar-refractivity contribution in [2.75, 3.05) is 0 Å². The van der Waals surface area contributed by atoms with E-state index in [1.54, 1.807) is 0 Å². The molecule has 1 heterocycles. The number of benzene rings is 1. The predicted octanol–water partition coefficient (Wildman–Crippen LogP) is 2.76. The molecule has 17 heavy (non-hydrogen) atoms. The van der Waals surface area contributed by atoms with Gasteiger partial charge in [-0.2, -0.15) is 4.98 Å². The van der Waals surface area contributed by atoms with E-state index in [1.807, 2.05) is 25.1 Å². The van der Waals surface area contributed by atoms with Crippen molar-refractivity contribution in [3.63, 3.8) is 0 Å². The molecule has 0 bridgehead atoms. The SMILES string of the molecule is Cc1cc(Br)ccc1-c1noc(C2(N)CC2)n1. The summed E-state index contributed by atoms with van der Waals surface area (Å²) in [5, 5.41) is 4.00. The van der Waals surface area contributed by atoms with E-state index in [0.717, 1.165) is 28.4 Å². The van der Waals surface area contributed by atoms with Gasteiger partial charge < -0.3 is 10.3 Å². The summed E-state index contributed by atoms with van der Waals surface area (Å²) in [4.78, 5) is 4.39. The summed E-state index contributed by atoms with van der Waals surface area (Å²) in [6.07, 6.45) is 1.85. The Morgan fingerprint density at radius 2 is 2.18 bits per heavy atom. The molecule has 0 radical (unpaired) electrons. The monoisotopic (exact) mass is 293 g/mol. The normalized spacial score (nSPS) is 17.1. The van der Waals surface area contributed by atoms with Gasteiger partial charge in [-0.15, -0.1) is 0 Å². The van der Waals surface area contributed by atoms with Crippen molar-refractivity contribution in [3.05, 3.63) is 34.1 Å². The lowest BCUT2D eigenvalue weighted by atomic mass is 10.1. The number of nitrogens with two attached hydrogens (primary N) is 1. The van der Waals surface area contributed by atoms with Crippen LogP contribution >= 0.6 is 15.9 Å². The Bertz CT molecular complexity index is 575. The third kappa shape index (κ3) is 1.89. The van der Waals surface area contributed by atoms with Gasteiger partial charge >= 0.3 is 0 Å². The molecule has 2 N–H and O–H groups in total. The molecule has 1 fully saturated rings. The fraction of sp³-hybridized carbons (Fsp3) is 0.333. The zero-order chi connectivity index (χ0) is 12.0. The van der Waals surface area contributed by atoms with Crippen molar-refractivity contribution < 1.29 is 4.52 Å². The lowest BCUT2D eigenvalue weighted by Crippen LogP contribution is -2.18. The van der Waals surface area contributed by atoms with E-state index < -0.39 is 0 Å². The molecule has 0 amide bonds. The first-order valence-corrected chi connectivity index (χ1v) is 6.27. The van der Waals surface area contributed by atoms with Crippen LogP contribution in [0.5, 0.6) is 0 Å². The first-order chi connectivity index (χ1) is 8.08. The summed E-state index contributed by atoms with van der Waals surface area (Å²) in [5.41, 5.74) is 7.74. The van der Waals surface area contributed by atoms with Crippen LogP contribution in [0, 0.1) is 6.92 Å². The average molecular weight is 294 g/mol. The molecule has 1 aromatic carbocycles. The van der Waals surface area contributed by atoms with E-state index in [1.165, 1.54) is 0 Å². The smallest absolute Gasteiger partial charge is 0.247 e. The van der Waals surface area contributed by atoms with E-state index in [9.17, 15) is 0 Å². The van der Waals surface area contributed by atoms with Crippen LogP contribution in [-0.2, 0) is 5.54 Å². The highest BCUT2D eigenvalue weighted by Gasteiger charge is 2.45. The standard InChI is InChI=1S/C12H12BrN3O/c1-7-6-8(13)2-3-9(7)10-15-11(17-16-10)12(14)4-5-12/h2-3,6H,4-5,14H2,1H3. The Balaban J connectivity index is 2.01. The molecule has 0 unspecified atom stereocenters. The first-order valence-electron chi connectivity index (χ1n) is 5.48. The first kappa shape index (κ1) is 10.9. The van der Waals surface area contributed by atoms with Crippen LogP contribution in [0.1, 0.15) is 24.3 Å². The third-order valence-electron chi connectivity index (χ3n) is 3.07. The molecule has 88 valence electrons. The summed E-state index contributed by atoms with van der Waals surface area (Å²) >= 11 is 3.43. The molecule has 0 spiro atoms. The maximum Gasteiger partial charge on any atom is 0.247 e. The zero-order valence-corrected chi connectivity index (χ0v) is 11.0. The molecule has 0 aliphatic heterocycles. The Kier molecular flexibility index (Phi) is 2.34. The molecule has 1 aliphatic carbocycles. The molecule has 1 saturated carbocycles. The van der Waals surface area contributed by atoms with Gasteiger partial charge in [0, 0.05) is 10.0 Å².